The van der Waals surface area contributed by atoms with Gasteiger partial charge in [0.25, 0.3) is 5.78 Å². The number of aliphatic hydroxyl groups excluding tert-OH is 1. The fraction of sp³-hybridized carbons (Fsp3) is 0.344. The lowest BCUT2D eigenvalue weighted by molar-refractivity contribution is -0.132. The van der Waals surface area contributed by atoms with Crippen LogP contribution in [0.5, 0.6) is 11.5 Å². The molecule has 44 heavy (non-hydrogen) atoms. The van der Waals surface area contributed by atoms with Crippen LogP contribution in [0.1, 0.15) is 71.1 Å². The molecule has 4 heterocycles. The van der Waals surface area contributed by atoms with E-state index in [9.17, 15) is 19.5 Å². The standard InChI is InChI=1S/C32H34N4O7S/c1-7-15-43-21-13-12-20(16-22(21)41-8-2)25-23(26(37)24-19(6)35-14-10-11-17(4)29(35)34-24)27(38)30(39)36(25)32-33-18(5)28(44-32)31(40)42-9-3/h10-14,16,25,37H,7-9,15H2,1-6H3/b26-23+. The second-order valence-electron chi connectivity index (χ2n) is 10.2. The summed E-state index contributed by atoms with van der Waals surface area (Å²) in [5, 5.41) is 11.9. The molecule has 5 rings (SSSR count). The van der Waals surface area contributed by atoms with Crippen LogP contribution in [0.15, 0.2) is 42.1 Å². The summed E-state index contributed by atoms with van der Waals surface area (Å²) in [7, 11) is 0. The predicted octanol–water partition coefficient (Wildman–Crippen LogP) is 5.71. The number of amides is 1. The maximum absolute atomic E-state index is 13.8. The zero-order valence-electron chi connectivity index (χ0n) is 25.5. The summed E-state index contributed by atoms with van der Waals surface area (Å²) in [5.41, 5.74) is 2.94. The molecule has 0 saturated carbocycles. The first-order valence-corrected chi connectivity index (χ1v) is 15.2. The molecule has 1 amide bonds. The van der Waals surface area contributed by atoms with Crippen molar-refractivity contribution in [1.29, 1.82) is 0 Å². The fourth-order valence-electron chi connectivity index (χ4n) is 5.18. The number of nitrogens with zero attached hydrogens (tertiary/aromatic N) is 4. The summed E-state index contributed by atoms with van der Waals surface area (Å²) < 4.78 is 18.7. The maximum atomic E-state index is 13.8. The van der Waals surface area contributed by atoms with Gasteiger partial charge in [0, 0.05) is 6.20 Å². The Morgan fingerprint density at radius 1 is 1.02 bits per heavy atom. The van der Waals surface area contributed by atoms with Crippen molar-refractivity contribution in [3.63, 3.8) is 0 Å². The Hall–Kier alpha value is -4.71. The second kappa shape index (κ2) is 12.5. The van der Waals surface area contributed by atoms with Crippen LogP contribution in [-0.4, -0.2) is 57.0 Å². The van der Waals surface area contributed by atoms with Gasteiger partial charge in [-0.3, -0.25) is 14.5 Å². The first-order valence-electron chi connectivity index (χ1n) is 14.4. The topological polar surface area (TPSA) is 133 Å². The number of anilines is 1. The van der Waals surface area contributed by atoms with Gasteiger partial charge in [0.1, 0.15) is 16.2 Å². The number of aliphatic hydroxyl groups is 1. The minimum Gasteiger partial charge on any atom is -0.505 e. The van der Waals surface area contributed by atoms with E-state index in [0.29, 0.717) is 47.3 Å². The third-order valence-corrected chi connectivity index (χ3v) is 8.39. The molecule has 0 spiro atoms. The number of aromatic nitrogens is 3. The van der Waals surface area contributed by atoms with Crippen molar-refractivity contribution in [1.82, 2.24) is 14.4 Å². The molecule has 1 fully saturated rings. The van der Waals surface area contributed by atoms with Crippen LogP contribution >= 0.6 is 11.3 Å². The normalized spacial score (nSPS) is 16.1. The van der Waals surface area contributed by atoms with Gasteiger partial charge >= 0.3 is 11.9 Å². The highest BCUT2D eigenvalue weighted by Gasteiger charge is 2.49. The van der Waals surface area contributed by atoms with E-state index in [0.717, 1.165) is 23.3 Å². The number of rotatable bonds is 10. The number of imidazole rings is 1. The largest absolute Gasteiger partial charge is 0.505 e. The highest BCUT2D eigenvalue weighted by Crippen LogP contribution is 2.46. The van der Waals surface area contributed by atoms with Crippen molar-refractivity contribution in [2.24, 2.45) is 0 Å². The van der Waals surface area contributed by atoms with Crippen LogP contribution in [0.3, 0.4) is 0 Å². The molecule has 1 atom stereocenters. The molecular formula is C32H34N4O7S. The van der Waals surface area contributed by atoms with E-state index in [1.54, 1.807) is 39.0 Å². The van der Waals surface area contributed by atoms with Gasteiger partial charge in [0.05, 0.1) is 42.8 Å². The number of hydrogen-bond acceptors (Lipinski definition) is 10. The van der Waals surface area contributed by atoms with Crippen molar-refractivity contribution in [2.45, 2.75) is 54.0 Å². The number of aryl methyl sites for hydroxylation is 3. The van der Waals surface area contributed by atoms with Crippen LogP contribution < -0.4 is 14.4 Å². The van der Waals surface area contributed by atoms with E-state index in [-0.39, 0.29) is 27.9 Å². The molecule has 230 valence electrons. The summed E-state index contributed by atoms with van der Waals surface area (Å²) in [6.45, 7) is 11.8. The van der Waals surface area contributed by atoms with E-state index in [2.05, 4.69) is 9.97 Å². The highest BCUT2D eigenvalue weighted by molar-refractivity contribution is 7.17. The highest BCUT2D eigenvalue weighted by atomic mass is 32.1. The van der Waals surface area contributed by atoms with Gasteiger partial charge in [-0.2, -0.15) is 0 Å². The SMILES string of the molecule is CCCOc1ccc(C2/C(=C(\O)c3nc4c(C)cccn4c3C)C(=O)C(=O)N2c2nc(C)c(C(=O)OCC)s2)cc1OCC. The molecule has 1 unspecified atom stereocenters. The molecule has 4 aromatic rings. The predicted molar refractivity (Wildman–Crippen MR) is 166 cm³/mol. The van der Waals surface area contributed by atoms with Gasteiger partial charge in [-0.05, 0) is 70.4 Å². The quantitative estimate of drug-likeness (QED) is 0.103. The van der Waals surface area contributed by atoms with Crippen LogP contribution in [0.25, 0.3) is 11.4 Å². The minimum absolute atomic E-state index is 0.114. The molecule has 0 aliphatic carbocycles. The molecule has 0 bridgehead atoms. The summed E-state index contributed by atoms with van der Waals surface area (Å²) in [6.07, 6.45) is 2.60. The van der Waals surface area contributed by atoms with Gasteiger partial charge in [0.15, 0.2) is 22.4 Å². The van der Waals surface area contributed by atoms with E-state index >= 15 is 0 Å². The molecule has 11 nitrogen and oxygen atoms in total. The van der Waals surface area contributed by atoms with Crippen molar-refractivity contribution >= 4 is 45.5 Å². The molecule has 12 heteroatoms. The number of ether oxygens (including phenoxy) is 3. The molecule has 1 saturated heterocycles. The lowest BCUT2D eigenvalue weighted by Crippen LogP contribution is -2.29. The molecule has 0 radical (unpaired) electrons. The number of carbonyl (C=O) groups is 3. The van der Waals surface area contributed by atoms with Crippen LogP contribution in [0.2, 0.25) is 0 Å². The Morgan fingerprint density at radius 2 is 1.80 bits per heavy atom. The first kappa shape index (κ1) is 30.7. The molecule has 1 N–H and O–H groups in total. The van der Waals surface area contributed by atoms with Crippen molar-refractivity contribution < 1.29 is 33.7 Å². The lowest BCUT2D eigenvalue weighted by atomic mass is 9.96. The number of ketones is 1. The van der Waals surface area contributed by atoms with Gasteiger partial charge in [-0.1, -0.05) is 30.4 Å². The minimum atomic E-state index is -1.11. The Balaban J connectivity index is 1.74. The Labute approximate surface area is 258 Å². The van der Waals surface area contributed by atoms with E-state index in [4.69, 9.17) is 14.2 Å². The third kappa shape index (κ3) is 5.30. The Bertz CT molecular complexity index is 1810. The molecule has 1 aromatic carbocycles. The van der Waals surface area contributed by atoms with E-state index in [1.807, 2.05) is 43.5 Å². The van der Waals surface area contributed by atoms with Gasteiger partial charge < -0.3 is 23.7 Å². The smallest absolute Gasteiger partial charge is 0.350 e. The van der Waals surface area contributed by atoms with Crippen LogP contribution in [-0.2, 0) is 14.3 Å². The molecular weight excluding hydrogens is 584 g/mol. The van der Waals surface area contributed by atoms with Gasteiger partial charge in [-0.15, -0.1) is 0 Å². The number of benzene rings is 1. The Kier molecular flexibility index (Phi) is 8.73. The number of esters is 1. The number of pyridine rings is 1. The molecule has 1 aliphatic heterocycles. The molecule has 3 aromatic heterocycles. The van der Waals surface area contributed by atoms with Gasteiger partial charge in [-0.25, -0.2) is 14.8 Å². The molecule has 1 aliphatic rings. The average Bonchev–Trinajstić information content (AvgIpc) is 3.64. The lowest BCUT2D eigenvalue weighted by Gasteiger charge is -2.24. The summed E-state index contributed by atoms with van der Waals surface area (Å²) >= 11 is 0.944. The zero-order chi connectivity index (χ0) is 31.7. The van der Waals surface area contributed by atoms with E-state index < -0.39 is 29.5 Å². The van der Waals surface area contributed by atoms with Gasteiger partial charge in [0.2, 0.25) is 0 Å². The monoisotopic (exact) mass is 618 g/mol. The van der Waals surface area contributed by atoms with Crippen molar-refractivity contribution in [2.75, 3.05) is 24.7 Å². The number of carbonyl (C=O) groups excluding carboxylic acids is 3. The first-order chi connectivity index (χ1) is 21.1. The summed E-state index contributed by atoms with van der Waals surface area (Å²) in [5.74, 6) is -1.87. The Morgan fingerprint density at radius 3 is 2.48 bits per heavy atom. The second-order valence-corrected chi connectivity index (χ2v) is 11.2. The zero-order valence-corrected chi connectivity index (χ0v) is 26.3. The van der Waals surface area contributed by atoms with E-state index in [1.165, 1.54) is 4.90 Å². The number of thiazole rings is 1. The van der Waals surface area contributed by atoms with Crippen LogP contribution in [0.4, 0.5) is 5.13 Å². The fourth-order valence-corrected chi connectivity index (χ4v) is 6.17. The average molecular weight is 619 g/mol. The van der Waals surface area contributed by atoms with Crippen molar-refractivity contribution in [3.05, 3.63) is 75.2 Å². The summed E-state index contributed by atoms with van der Waals surface area (Å²) in [6, 6.07) is 7.78. The number of fused-ring (bicyclic) bond motifs is 1. The van der Waals surface area contributed by atoms with Crippen LogP contribution in [0, 0.1) is 20.8 Å². The number of hydrogen-bond donors (Lipinski definition) is 1. The maximum Gasteiger partial charge on any atom is 0.350 e. The van der Waals surface area contributed by atoms with Crippen molar-refractivity contribution in [3.8, 4) is 11.5 Å². The summed E-state index contributed by atoms with van der Waals surface area (Å²) in [4.78, 5) is 50.8. The number of Topliss-reactive ketones (excluding diaryl/α,β-unsaturated/α-hetero) is 1. The third-order valence-electron chi connectivity index (χ3n) is 7.25.